The second-order valence-corrected chi connectivity index (χ2v) is 6.26. The van der Waals surface area contributed by atoms with Gasteiger partial charge in [0.25, 0.3) is 11.8 Å². The van der Waals surface area contributed by atoms with Gasteiger partial charge in [0, 0.05) is 32.7 Å². The molecule has 128 valence electrons. The molecule has 0 aromatic heterocycles. The molecule has 24 heavy (non-hydrogen) atoms. The molecule has 0 bridgehead atoms. The molecule has 1 spiro atoms. The Morgan fingerprint density at radius 3 is 2.12 bits per heavy atom. The highest BCUT2D eigenvalue weighted by Gasteiger charge is 2.55. The van der Waals surface area contributed by atoms with Crippen LogP contribution in [0.1, 0.15) is 23.2 Å². The van der Waals surface area contributed by atoms with Crippen LogP contribution in [0.3, 0.4) is 0 Å². The van der Waals surface area contributed by atoms with Gasteiger partial charge < -0.3 is 14.5 Å². The fourth-order valence-electron chi connectivity index (χ4n) is 3.50. The molecule has 2 saturated heterocycles. The lowest BCUT2D eigenvalue weighted by Gasteiger charge is -2.40. The number of carbonyl (C=O) groups excluding carboxylic acids is 3. The van der Waals surface area contributed by atoms with Gasteiger partial charge in [0.2, 0.25) is 0 Å². The van der Waals surface area contributed by atoms with Crippen LogP contribution in [0.5, 0.6) is 5.75 Å². The van der Waals surface area contributed by atoms with E-state index in [0.29, 0.717) is 37.2 Å². The summed E-state index contributed by atoms with van der Waals surface area (Å²) >= 11 is 0. The Hall–Kier alpha value is -2.57. The van der Waals surface area contributed by atoms with Crippen LogP contribution in [0.15, 0.2) is 24.3 Å². The Balaban J connectivity index is 1.71. The summed E-state index contributed by atoms with van der Waals surface area (Å²) in [6.07, 6.45) is 0.917. The lowest BCUT2D eigenvalue weighted by molar-refractivity contribution is -0.134. The molecular formula is C17H21N3O4. The van der Waals surface area contributed by atoms with E-state index in [4.69, 9.17) is 4.74 Å². The van der Waals surface area contributed by atoms with Gasteiger partial charge >= 0.3 is 6.03 Å². The molecule has 0 unspecified atom stereocenters. The number of hydrogen-bond donors (Lipinski definition) is 0. The number of urea groups is 1. The van der Waals surface area contributed by atoms with E-state index in [0.717, 1.165) is 0 Å². The minimum absolute atomic E-state index is 0.0692. The second-order valence-electron chi connectivity index (χ2n) is 6.26. The molecule has 0 N–H and O–H groups in total. The third-order valence-electron chi connectivity index (χ3n) is 5.13. The summed E-state index contributed by atoms with van der Waals surface area (Å²) in [7, 11) is 4.74. The fraction of sp³-hybridized carbons (Fsp3) is 0.471. The van der Waals surface area contributed by atoms with Gasteiger partial charge in [-0.25, -0.2) is 4.79 Å². The van der Waals surface area contributed by atoms with E-state index in [1.807, 2.05) is 0 Å². The summed E-state index contributed by atoms with van der Waals surface area (Å²) in [5.41, 5.74) is -0.214. The normalized spacial score (nSPS) is 20.0. The molecule has 0 saturated carbocycles. The zero-order valence-electron chi connectivity index (χ0n) is 14.1. The van der Waals surface area contributed by atoms with E-state index < -0.39 is 5.54 Å². The number of ether oxygens (including phenoxy) is 1. The Morgan fingerprint density at radius 1 is 1.08 bits per heavy atom. The van der Waals surface area contributed by atoms with Crippen LogP contribution in [-0.4, -0.2) is 72.4 Å². The van der Waals surface area contributed by atoms with Gasteiger partial charge in [-0.2, -0.15) is 0 Å². The van der Waals surface area contributed by atoms with Gasteiger partial charge in [-0.1, -0.05) is 0 Å². The molecular weight excluding hydrogens is 310 g/mol. The number of likely N-dealkylation sites (tertiary alicyclic amines) is 1. The highest BCUT2D eigenvalue weighted by atomic mass is 16.5. The van der Waals surface area contributed by atoms with Crippen molar-refractivity contribution in [3.63, 3.8) is 0 Å². The smallest absolute Gasteiger partial charge is 0.327 e. The number of benzene rings is 1. The van der Waals surface area contributed by atoms with Crippen molar-refractivity contribution in [3.05, 3.63) is 29.8 Å². The Morgan fingerprint density at radius 2 is 1.67 bits per heavy atom. The molecule has 3 rings (SSSR count). The van der Waals surface area contributed by atoms with Crippen LogP contribution < -0.4 is 4.74 Å². The van der Waals surface area contributed by atoms with Crippen LogP contribution in [-0.2, 0) is 4.79 Å². The summed E-state index contributed by atoms with van der Waals surface area (Å²) in [5.74, 6) is 0.454. The number of nitrogens with zero attached hydrogens (tertiary/aromatic N) is 3. The summed E-state index contributed by atoms with van der Waals surface area (Å²) in [6, 6.07) is 6.68. The third-order valence-corrected chi connectivity index (χ3v) is 5.13. The van der Waals surface area contributed by atoms with E-state index in [9.17, 15) is 14.4 Å². The molecule has 1 aromatic rings. The molecule has 0 radical (unpaired) electrons. The molecule has 2 aliphatic rings. The molecule has 2 fully saturated rings. The average molecular weight is 331 g/mol. The lowest BCUT2D eigenvalue weighted by atomic mass is 9.86. The maximum absolute atomic E-state index is 12.6. The Labute approximate surface area is 140 Å². The fourth-order valence-corrected chi connectivity index (χ4v) is 3.50. The van der Waals surface area contributed by atoms with E-state index >= 15 is 0 Å². The number of carbonyl (C=O) groups is 3. The van der Waals surface area contributed by atoms with Crippen molar-refractivity contribution in [2.75, 3.05) is 34.3 Å². The molecule has 7 nitrogen and oxygen atoms in total. The van der Waals surface area contributed by atoms with Crippen molar-refractivity contribution in [3.8, 4) is 5.75 Å². The second kappa shape index (κ2) is 5.81. The van der Waals surface area contributed by atoms with Gasteiger partial charge in [-0.05, 0) is 37.1 Å². The largest absolute Gasteiger partial charge is 0.497 e. The summed E-state index contributed by atoms with van der Waals surface area (Å²) in [5, 5.41) is 0. The van der Waals surface area contributed by atoms with Gasteiger partial charge in [-0.15, -0.1) is 0 Å². The first-order valence-electron chi connectivity index (χ1n) is 7.90. The SMILES string of the molecule is COc1ccc(C(=O)N2CCC3(CC2)C(=O)N(C)C(=O)N3C)cc1. The first kappa shape index (κ1) is 16.3. The maximum Gasteiger partial charge on any atom is 0.327 e. The predicted molar refractivity (Wildman–Crippen MR) is 86.8 cm³/mol. The zero-order valence-corrected chi connectivity index (χ0v) is 14.1. The van der Waals surface area contributed by atoms with Gasteiger partial charge in [-0.3, -0.25) is 14.5 Å². The van der Waals surface area contributed by atoms with E-state index in [1.165, 1.54) is 16.8 Å². The standard InChI is InChI=1S/C17H21N3O4/c1-18-15(22)17(19(2)16(18)23)8-10-20(11-9-17)14(21)12-4-6-13(24-3)7-5-12/h4-7H,8-11H2,1-3H3. The monoisotopic (exact) mass is 331 g/mol. The topological polar surface area (TPSA) is 70.2 Å². The van der Waals surface area contributed by atoms with Crippen LogP contribution >= 0.6 is 0 Å². The number of amides is 4. The van der Waals surface area contributed by atoms with E-state index in [2.05, 4.69) is 0 Å². The van der Waals surface area contributed by atoms with Crippen molar-refractivity contribution in [2.24, 2.45) is 0 Å². The molecule has 7 heteroatoms. The van der Waals surface area contributed by atoms with Crippen molar-refractivity contribution in [2.45, 2.75) is 18.4 Å². The summed E-state index contributed by atoms with van der Waals surface area (Å²) < 4.78 is 5.10. The molecule has 2 heterocycles. The maximum atomic E-state index is 12.6. The van der Waals surface area contributed by atoms with Gasteiger partial charge in [0.15, 0.2) is 0 Å². The quantitative estimate of drug-likeness (QED) is 0.764. The Bertz CT molecular complexity index is 678. The summed E-state index contributed by atoms with van der Waals surface area (Å²) in [4.78, 5) is 41.5. The van der Waals surface area contributed by atoms with Crippen molar-refractivity contribution in [1.82, 2.24) is 14.7 Å². The van der Waals surface area contributed by atoms with Crippen molar-refractivity contribution in [1.29, 1.82) is 0 Å². The predicted octanol–water partition coefficient (Wildman–Crippen LogP) is 1.19. The van der Waals surface area contributed by atoms with Crippen LogP contribution in [0, 0.1) is 0 Å². The third kappa shape index (κ3) is 2.31. The summed E-state index contributed by atoms with van der Waals surface area (Å²) in [6.45, 7) is 0.893. The Kier molecular flexibility index (Phi) is 3.95. The number of hydrogen-bond acceptors (Lipinski definition) is 4. The molecule has 0 atom stereocenters. The highest BCUT2D eigenvalue weighted by Crippen LogP contribution is 2.35. The van der Waals surface area contributed by atoms with Crippen LogP contribution in [0.2, 0.25) is 0 Å². The minimum Gasteiger partial charge on any atom is -0.497 e. The van der Waals surface area contributed by atoms with Crippen molar-refractivity contribution < 1.29 is 19.1 Å². The number of imide groups is 1. The average Bonchev–Trinajstić information content (AvgIpc) is 2.78. The molecule has 2 aliphatic heterocycles. The number of rotatable bonds is 2. The first-order valence-corrected chi connectivity index (χ1v) is 7.90. The number of methoxy groups -OCH3 is 1. The number of likely N-dealkylation sites (N-methyl/N-ethyl adjacent to an activating group) is 2. The first-order chi connectivity index (χ1) is 11.4. The highest BCUT2D eigenvalue weighted by molar-refractivity contribution is 6.06. The molecule has 4 amide bonds. The minimum atomic E-state index is -0.803. The molecule has 1 aromatic carbocycles. The van der Waals surface area contributed by atoms with E-state index in [-0.39, 0.29) is 17.8 Å². The molecule has 0 aliphatic carbocycles. The zero-order chi connectivity index (χ0) is 17.5. The van der Waals surface area contributed by atoms with Crippen LogP contribution in [0.4, 0.5) is 4.79 Å². The van der Waals surface area contributed by atoms with Crippen LogP contribution in [0.25, 0.3) is 0 Å². The van der Waals surface area contributed by atoms with Gasteiger partial charge in [0.05, 0.1) is 7.11 Å². The number of piperidine rings is 1. The van der Waals surface area contributed by atoms with E-state index in [1.54, 1.807) is 43.3 Å². The van der Waals surface area contributed by atoms with Gasteiger partial charge in [0.1, 0.15) is 11.3 Å². The van der Waals surface area contributed by atoms with Crippen molar-refractivity contribution >= 4 is 17.8 Å². The lowest BCUT2D eigenvalue weighted by Crippen LogP contribution is -2.56.